The van der Waals surface area contributed by atoms with E-state index in [1.807, 2.05) is 26.2 Å². The normalized spacial score (nSPS) is 13.8. The number of rotatable bonds is 7. The lowest BCUT2D eigenvalue weighted by Gasteiger charge is -2.13. The summed E-state index contributed by atoms with van der Waals surface area (Å²) in [7, 11) is -3.59. The molecule has 2 aromatic rings. The number of nitrogens with one attached hydrogen (secondary N) is 2. The highest BCUT2D eigenvalue weighted by atomic mass is 32.2. The molecule has 0 spiro atoms. The van der Waals surface area contributed by atoms with E-state index in [2.05, 4.69) is 15.0 Å². The predicted octanol–water partition coefficient (Wildman–Crippen LogP) is 2.29. The van der Waals surface area contributed by atoms with Crippen LogP contribution in [-0.4, -0.2) is 30.4 Å². The van der Waals surface area contributed by atoms with Gasteiger partial charge in [0.1, 0.15) is 0 Å². The number of thiazole rings is 1. The molecule has 0 aliphatic heterocycles. The van der Waals surface area contributed by atoms with Crippen molar-refractivity contribution in [2.45, 2.75) is 44.7 Å². The summed E-state index contributed by atoms with van der Waals surface area (Å²) in [5, 5.41) is 5.12. The smallest absolute Gasteiger partial charge is 0.260 e. The largest absolute Gasteiger partial charge is 0.368 e. The van der Waals surface area contributed by atoms with Gasteiger partial charge in [-0.05, 0) is 19.8 Å². The van der Waals surface area contributed by atoms with Crippen LogP contribution in [0.1, 0.15) is 33.6 Å². The van der Waals surface area contributed by atoms with Crippen molar-refractivity contribution in [3.05, 3.63) is 11.6 Å². The van der Waals surface area contributed by atoms with Gasteiger partial charge in [-0.3, -0.25) is 4.40 Å². The van der Waals surface area contributed by atoms with E-state index in [1.54, 1.807) is 10.6 Å². The molecule has 20 heavy (non-hydrogen) atoms. The molecule has 2 aromatic heterocycles. The van der Waals surface area contributed by atoms with Crippen molar-refractivity contribution in [1.29, 1.82) is 0 Å². The van der Waals surface area contributed by atoms with E-state index in [4.69, 9.17) is 0 Å². The zero-order valence-electron chi connectivity index (χ0n) is 11.9. The number of anilines is 1. The maximum atomic E-state index is 12.6. The number of imidazole rings is 1. The van der Waals surface area contributed by atoms with Gasteiger partial charge in [-0.25, -0.2) is 18.1 Å². The molecule has 2 heterocycles. The lowest BCUT2D eigenvalue weighted by Crippen LogP contribution is -2.33. The second-order valence-corrected chi connectivity index (χ2v) is 7.18. The molecular weight excluding hydrogens is 296 g/mol. The molecule has 0 bridgehead atoms. The molecule has 0 saturated carbocycles. The van der Waals surface area contributed by atoms with E-state index in [9.17, 15) is 8.42 Å². The van der Waals surface area contributed by atoms with Gasteiger partial charge in [0.15, 0.2) is 15.8 Å². The van der Waals surface area contributed by atoms with Crippen LogP contribution in [-0.2, 0) is 10.0 Å². The minimum atomic E-state index is -3.59. The summed E-state index contributed by atoms with van der Waals surface area (Å²) < 4.78 is 29.4. The standard InChI is InChI=1S/C12H20N4O2S2/c1-4-6-13-10-11(16-7-8-19-12(16)14-10)20(17,18)15-9(3)5-2/h7-9,13,15H,4-6H2,1-3H3. The first-order chi connectivity index (χ1) is 9.49. The third-order valence-corrected chi connectivity index (χ3v) is 5.35. The van der Waals surface area contributed by atoms with E-state index >= 15 is 0 Å². The number of fused-ring (bicyclic) bond motifs is 1. The summed E-state index contributed by atoms with van der Waals surface area (Å²) in [6.07, 6.45) is 3.38. The topological polar surface area (TPSA) is 75.5 Å². The van der Waals surface area contributed by atoms with Gasteiger partial charge < -0.3 is 5.32 Å². The van der Waals surface area contributed by atoms with Crippen LogP contribution in [0.25, 0.3) is 4.96 Å². The summed E-state index contributed by atoms with van der Waals surface area (Å²) in [6, 6.07) is -0.108. The minimum Gasteiger partial charge on any atom is -0.368 e. The zero-order valence-corrected chi connectivity index (χ0v) is 13.5. The molecular formula is C12H20N4O2S2. The molecule has 0 amide bonds. The van der Waals surface area contributed by atoms with Gasteiger partial charge in [0.05, 0.1) is 0 Å². The maximum absolute atomic E-state index is 12.6. The monoisotopic (exact) mass is 316 g/mol. The van der Waals surface area contributed by atoms with E-state index in [-0.39, 0.29) is 11.1 Å². The first-order valence-corrected chi connectivity index (χ1v) is 9.07. The Morgan fingerprint density at radius 1 is 1.45 bits per heavy atom. The number of hydrogen-bond acceptors (Lipinski definition) is 5. The summed E-state index contributed by atoms with van der Waals surface area (Å²) in [6.45, 7) is 6.51. The molecule has 1 atom stereocenters. The number of aromatic nitrogens is 2. The van der Waals surface area contributed by atoms with Crippen LogP contribution < -0.4 is 10.0 Å². The molecule has 0 aliphatic carbocycles. The Morgan fingerprint density at radius 3 is 2.85 bits per heavy atom. The quantitative estimate of drug-likeness (QED) is 0.822. The summed E-state index contributed by atoms with van der Waals surface area (Å²) in [5.41, 5.74) is 0. The van der Waals surface area contributed by atoms with Crippen molar-refractivity contribution in [3.63, 3.8) is 0 Å². The molecule has 2 rings (SSSR count). The third kappa shape index (κ3) is 2.97. The molecule has 0 aliphatic rings. The van der Waals surface area contributed by atoms with Crippen LogP contribution >= 0.6 is 11.3 Å². The molecule has 0 fully saturated rings. The highest BCUT2D eigenvalue weighted by Crippen LogP contribution is 2.25. The average Bonchev–Trinajstić information content (AvgIpc) is 2.94. The van der Waals surface area contributed by atoms with E-state index in [0.717, 1.165) is 12.8 Å². The van der Waals surface area contributed by atoms with Crippen LogP contribution in [0.3, 0.4) is 0 Å². The Morgan fingerprint density at radius 2 is 2.20 bits per heavy atom. The van der Waals surface area contributed by atoms with Crippen LogP contribution in [0.5, 0.6) is 0 Å². The van der Waals surface area contributed by atoms with Crippen molar-refractivity contribution in [3.8, 4) is 0 Å². The fourth-order valence-corrected chi connectivity index (χ4v) is 4.14. The summed E-state index contributed by atoms with van der Waals surface area (Å²) >= 11 is 1.42. The highest BCUT2D eigenvalue weighted by molar-refractivity contribution is 7.89. The molecule has 8 heteroatoms. The Bertz CT molecular complexity index is 675. The van der Waals surface area contributed by atoms with Gasteiger partial charge in [-0.2, -0.15) is 0 Å². The van der Waals surface area contributed by atoms with Crippen LogP contribution in [0.2, 0.25) is 0 Å². The predicted molar refractivity (Wildman–Crippen MR) is 81.9 cm³/mol. The lowest BCUT2D eigenvalue weighted by atomic mass is 10.3. The number of hydrogen-bond donors (Lipinski definition) is 2. The van der Waals surface area contributed by atoms with Crippen LogP contribution in [0.4, 0.5) is 5.82 Å². The number of sulfonamides is 1. The van der Waals surface area contributed by atoms with Gasteiger partial charge in [0.2, 0.25) is 0 Å². The van der Waals surface area contributed by atoms with E-state index in [0.29, 0.717) is 17.3 Å². The lowest BCUT2D eigenvalue weighted by molar-refractivity contribution is 0.552. The minimum absolute atomic E-state index is 0.108. The SMILES string of the molecule is CCCNc1nc2sccn2c1S(=O)(=O)NC(C)CC. The Labute approximate surface area is 123 Å². The molecule has 0 radical (unpaired) electrons. The van der Waals surface area contributed by atoms with Gasteiger partial charge >= 0.3 is 0 Å². The van der Waals surface area contributed by atoms with Crippen LogP contribution in [0.15, 0.2) is 16.6 Å². The highest BCUT2D eigenvalue weighted by Gasteiger charge is 2.26. The first kappa shape index (κ1) is 15.3. The van der Waals surface area contributed by atoms with Crippen molar-refractivity contribution >= 4 is 32.1 Å². The Kier molecular flexibility index (Phi) is 4.66. The van der Waals surface area contributed by atoms with E-state index < -0.39 is 10.0 Å². The molecule has 2 N–H and O–H groups in total. The molecule has 0 saturated heterocycles. The Balaban J connectivity index is 2.46. The molecule has 0 aromatic carbocycles. The third-order valence-electron chi connectivity index (χ3n) is 2.98. The number of nitrogens with zero attached hydrogens (tertiary/aromatic N) is 2. The average molecular weight is 316 g/mol. The Hall–Kier alpha value is -1.12. The van der Waals surface area contributed by atoms with Crippen molar-refractivity contribution < 1.29 is 8.42 Å². The summed E-state index contributed by atoms with van der Waals surface area (Å²) in [4.78, 5) is 5.03. The first-order valence-electron chi connectivity index (χ1n) is 6.71. The zero-order chi connectivity index (χ0) is 14.8. The second-order valence-electron chi connectivity index (χ2n) is 4.68. The summed E-state index contributed by atoms with van der Waals surface area (Å²) in [5.74, 6) is 0.425. The van der Waals surface area contributed by atoms with Crippen molar-refractivity contribution in [2.24, 2.45) is 0 Å². The van der Waals surface area contributed by atoms with Crippen molar-refractivity contribution in [1.82, 2.24) is 14.1 Å². The van der Waals surface area contributed by atoms with Crippen LogP contribution in [0, 0.1) is 0 Å². The van der Waals surface area contributed by atoms with Gasteiger partial charge in [-0.15, -0.1) is 11.3 Å². The maximum Gasteiger partial charge on any atom is 0.260 e. The van der Waals surface area contributed by atoms with E-state index in [1.165, 1.54) is 11.3 Å². The van der Waals surface area contributed by atoms with Gasteiger partial charge in [0.25, 0.3) is 10.0 Å². The second kappa shape index (κ2) is 6.11. The molecule has 112 valence electrons. The fourth-order valence-electron chi connectivity index (χ4n) is 1.78. The van der Waals surface area contributed by atoms with Crippen molar-refractivity contribution in [2.75, 3.05) is 11.9 Å². The molecule has 1 unspecified atom stereocenters. The van der Waals surface area contributed by atoms with Gasteiger partial charge in [-0.1, -0.05) is 13.8 Å². The molecule has 6 nitrogen and oxygen atoms in total. The fraction of sp³-hybridized carbons (Fsp3) is 0.583. The van der Waals surface area contributed by atoms with Gasteiger partial charge in [0, 0.05) is 24.2 Å².